The summed E-state index contributed by atoms with van der Waals surface area (Å²) >= 11 is 0. The van der Waals surface area contributed by atoms with Gasteiger partial charge in [0.1, 0.15) is 11.5 Å². The predicted octanol–water partition coefficient (Wildman–Crippen LogP) is 2.71. The average molecular weight is 276 g/mol. The zero-order valence-electron chi connectivity index (χ0n) is 10.6. The van der Waals surface area contributed by atoms with Gasteiger partial charge in [0.15, 0.2) is 11.4 Å². The largest absolute Gasteiger partial charge is 0.505 e. The SMILES string of the molecule is CCc1ccc(C(=O)Nc2c(O)cccc2[N+](=O)[O-])o1. The summed E-state index contributed by atoms with van der Waals surface area (Å²) in [5.41, 5.74) is -0.641. The minimum absolute atomic E-state index is 0.0272. The maximum Gasteiger partial charge on any atom is 0.296 e. The van der Waals surface area contributed by atoms with Gasteiger partial charge in [-0.05, 0) is 18.2 Å². The first kappa shape index (κ1) is 13.6. The van der Waals surface area contributed by atoms with Gasteiger partial charge in [-0.15, -0.1) is 0 Å². The first-order chi connectivity index (χ1) is 9.52. The topological polar surface area (TPSA) is 106 Å². The summed E-state index contributed by atoms with van der Waals surface area (Å²) in [4.78, 5) is 22.1. The Morgan fingerprint density at radius 3 is 2.75 bits per heavy atom. The Morgan fingerprint density at radius 1 is 1.40 bits per heavy atom. The van der Waals surface area contributed by atoms with Crippen molar-refractivity contribution in [1.82, 2.24) is 0 Å². The van der Waals surface area contributed by atoms with Crippen molar-refractivity contribution in [3.63, 3.8) is 0 Å². The van der Waals surface area contributed by atoms with E-state index in [9.17, 15) is 20.0 Å². The van der Waals surface area contributed by atoms with Crippen molar-refractivity contribution in [2.24, 2.45) is 0 Å². The summed E-state index contributed by atoms with van der Waals surface area (Å²) in [6.07, 6.45) is 0.629. The number of phenols is 1. The number of furan rings is 1. The lowest BCUT2D eigenvalue weighted by atomic mass is 10.2. The Kier molecular flexibility index (Phi) is 3.69. The van der Waals surface area contributed by atoms with Gasteiger partial charge >= 0.3 is 0 Å². The highest BCUT2D eigenvalue weighted by atomic mass is 16.6. The number of rotatable bonds is 4. The number of carbonyl (C=O) groups is 1. The molecule has 0 aliphatic carbocycles. The Labute approximate surface area is 114 Å². The van der Waals surface area contributed by atoms with Crippen molar-refractivity contribution in [3.05, 3.63) is 52.0 Å². The van der Waals surface area contributed by atoms with Gasteiger partial charge in [0, 0.05) is 12.5 Å². The number of aromatic hydroxyl groups is 1. The molecule has 0 unspecified atom stereocenters. The van der Waals surface area contributed by atoms with Crippen LogP contribution in [0.4, 0.5) is 11.4 Å². The number of benzene rings is 1. The molecule has 1 aromatic heterocycles. The van der Waals surface area contributed by atoms with Gasteiger partial charge in [-0.2, -0.15) is 0 Å². The summed E-state index contributed by atoms with van der Waals surface area (Å²) in [6.45, 7) is 1.87. The van der Waals surface area contributed by atoms with Crippen LogP contribution in [-0.2, 0) is 6.42 Å². The fraction of sp³-hybridized carbons (Fsp3) is 0.154. The summed E-state index contributed by atoms with van der Waals surface area (Å²) in [7, 11) is 0. The standard InChI is InChI=1S/C13H12N2O5/c1-2-8-6-7-11(20-8)13(17)14-12-9(15(18)19)4-3-5-10(12)16/h3-7,16H,2H2,1H3,(H,14,17). The lowest BCUT2D eigenvalue weighted by Crippen LogP contribution is -2.12. The van der Waals surface area contributed by atoms with Crippen LogP contribution in [-0.4, -0.2) is 15.9 Å². The first-order valence-electron chi connectivity index (χ1n) is 5.89. The molecule has 0 saturated carbocycles. The fourth-order valence-corrected chi connectivity index (χ4v) is 1.67. The van der Waals surface area contributed by atoms with E-state index in [-0.39, 0.29) is 22.9 Å². The molecule has 2 rings (SSSR count). The second-order valence-corrected chi connectivity index (χ2v) is 4.00. The molecule has 20 heavy (non-hydrogen) atoms. The maximum absolute atomic E-state index is 11.9. The van der Waals surface area contributed by atoms with E-state index in [1.165, 1.54) is 24.3 Å². The van der Waals surface area contributed by atoms with Crippen molar-refractivity contribution in [2.75, 3.05) is 5.32 Å². The van der Waals surface area contributed by atoms with Gasteiger partial charge in [0.2, 0.25) is 0 Å². The van der Waals surface area contributed by atoms with E-state index in [2.05, 4.69) is 5.32 Å². The van der Waals surface area contributed by atoms with E-state index in [4.69, 9.17) is 4.42 Å². The van der Waals surface area contributed by atoms with Crippen molar-refractivity contribution >= 4 is 17.3 Å². The normalized spacial score (nSPS) is 10.2. The van der Waals surface area contributed by atoms with Crippen molar-refractivity contribution < 1.29 is 19.2 Å². The van der Waals surface area contributed by atoms with Crippen molar-refractivity contribution in [2.45, 2.75) is 13.3 Å². The summed E-state index contributed by atoms with van der Waals surface area (Å²) < 4.78 is 5.24. The van der Waals surface area contributed by atoms with Crippen LogP contribution in [0.5, 0.6) is 5.75 Å². The molecule has 7 nitrogen and oxygen atoms in total. The van der Waals surface area contributed by atoms with Gasteiger partial charge in [-0.3, -0.25) is 14.9 Å². The zero-order chi connectivity index (χ0) is 14.7. The number of nitrogens with zero attached hydrogens (tertiary/aromatic N) is 1. The minimum Gasteiger partial charge on any atom is -0.505 e. The van der Waals surface area contributed by atoms with Crippen LogP contribution in [0.2, 0.25) is 0 Å². The third kappa shape index (κ3) is 2.61. The Hall–Kier alpha value is -2.83. The van der Waals surface area contributed by atoms with Crippen LogP contribution in [0.25, 0.3) is 0 Å². The first-order valence-corrected chi connectivity index (χ1v) is 5.89. The van der Waals surface area contributed by atoms with Crippen molar-refractivity contribution in [1.29, 1.82) is 0 Å². The summed E-state index contributed by atoms with van der Waals surface area (Å²) in [5.74, 6) is -0.384. The second kappa shape index (κ2) is 5.43. The van der Waals surface area contributed by atoms with Crippen molar-refractivity contribution in [3.8, 4) is 5.75 Å². The van der Waals surface area contributed by atoms with E-state index >= 15 is 0 Å². The highest BCUT2D eigenvalue weighted by Gasteiger charge is 2.21. The van der Waals surface area contributed by atoms with Gasteiger partial charge in [0.25, 0.3) is 11.6 Å². The van der Waals surface area contributed by atoms with Gasteiger partial charge < -0.3 is 14.8 Å². The van der Waals surface area contributed by atoms with E-state index in [1.807, 2.05) is 6.92 Å². The number of hydrogen-bond acceptors (Lipinski definition) is 5. The number of nitro groups is 1. The molecule has 1 heterocycles. The summed E-state index contributed by atoms with van der Waals surface area (Å²) in [6, 6.07) is 6.89. The highest BCUT2D eigenvalue weighted by Crippen LogP contribution is 2.33. The number of amides is 1. The second-order valence-electron chi connectivity index (χ2n) is 4.00. The molecule has 0 aliphatic heterocycles. The average Bonchev–Trinajstić information content (AvgIpc) is 2.89. The van der Waals surface area contributed by atoms with Gasteiger partial charge in [0.05, 0.1) is 4.92 Å². The van der Waals surface area contributed by atoms with Crippen LogP contribution < -0.4 is 5.32 Å². The molecule has 0 fully saturated rings. The lowest BCUT2D eigenvalue weighted by Gasteiger charge is -2.06. The number of carbonyl (C=O) groups excluding carboxylic acids is 1. The highest BCUT2D eigenvalue weighted by molar-refractivity contribution is 6.04. The molecule has 0 aliphatic rings. The van der Waals surface area contributed by atoms with Crippen LogP contribution >= 0.6 is 0 Å². The molecule has 2 N–H and O–H groups in total. The number of phenolic OH excluding ortho intramolecular Hbond substituents is 1. The van der Waals surface area contributed by atoms with E-state index in [1.54, 1.807) is 6.07 Å². The Bertz CT molecular complexity index is 663. The molecule has 0 bridgehead atoms. The van der Waals surface area contributed by atoms with Gasteiger partial charge in [-0.25, -0.2) is 0 Å². The third-order valence-electron chi connectivity index (χ3n) is 2.69. The Morgan fingerprint density at radius 2 is 2.15 bits per heavy atom. The molecular weight excluding hydrogens is 264 g/mol. The van der Waals surface area contributed by atoms with E-state index in [0.29, 0.717) is 12.2 Å². The molecule has 0 saturated heterocycles. The monoisotopic (exact) mass is 276 g/mol. The molecule has 0 atom stereocenters. The predicted molar refractivity (Wildman–Crippen MR) is 70.8 cm³/mol. The maximum atomic E-state index is 11.9. The smallest absolute Gasteiger partial charge is 0.296 e. The molecule has 1 aromatic carbocycles. The molecule has 1 amide bonds. The quantitative estimate of drug-likeness (QED) is 0.507. The molecular formula is C13H12N2O5. The van der Waals surface area contributed by atoms with E-state index in [0.717, 1.165) is 0 Å². The zero-order valence-corrected chi connectivity index (χ0v) is 10.6. The van der Waals surface area contributed by atoms with Crippen LogP contribution in [0.15, 0.2) is 34.7 Å². The van der Waals surface area contributed by atoms with Crippen LogP contribution in [0, 0.1) is 10.1 Å². The molecule has 7 heteroatoms. The van der Waals surface area contributed by atoms with Crippen LogP contribution in [0.3, 0.4) is 0 Å². The van der Waals surface area contributed by atoms with Crippen LogP contribution in [0.1, 0.15) is 23.2 Å². The van der Waals surface area contributed by atoms with E-state index < -0.39 is 10.8 Å². The molecule has 0 spiro atoms. The number of para-hydroxylation sites is 1. The number of nitro benzene ring substituents is 1. The molecule has 104 valence electrons. The fourth-order valence-electron chi connectivity index (χ4n) is 1.67. The molecule has 0 radical (unpaired) electrons. The molecule has 2 aromatic rings. The van der Waals surface area contributed by atoms with Gasteiger partial charge in [-0.1, -0.05) is 13.0 Å². The number of aryl methyl sites for hydroxylation is 1. The number of hydrogen-bond donors (Lipinski definition) is 2. The minimum atomic E-state index is -0.686. The number of nitrogens with one attached hydrogen (secondary N) is 1. The third-order valence-corrected chi connectivity index (χ3v) is 2.69. The Balaban J connectivity index is 2.30. The number of anilines is 1. The lowest BCUT2D eigenvalue weighted by molar-refractivity contribution is -0.384. The summed E-state index contributed by atoms with van der Waals surface area (Å²) in [5, 5.41) is 22.8.